The van der Waals surface area contributed by atoms with E-state index in [1.54, 1.807) is 4.90 Å². The fourth-order valence-electron chi connectivity index (χ4n) is 5.42. The smallest absolute Gasteiger partial charge is 0.255 e. The highest BCUT2D eigenvalue weighted by molar-refractivity contribution is 6.06. The van der Waals surface area contributed by atoms with Crippen molar-refractivity contribution in [2.75, 3.05) is 18.0 Å². The monoisotopic (exact) mass is 462 g/mol. The van der Waals surface area contributed by atoms with E-state index in [0.717, 1.165) is 50.0 Å². The predicted octanol–water partition coefficient (Wildman–Crippen LogP) is 2.99. The number of hydrogen-bond donors (Lipinski definition) is 2. The number of halogens is 1. The molecule has 1 aromatic rings. The number of nitrogens with two attached hydrogens (primary N) is 1. The van der Waals surface area contributed by atoms with Gasteiger partial charge in [-0.3, -0.25) is 19.7 Å². The Kier molecular flexibility index (Phi) is 8.17. The maximum absolute atomic E-state index is 13.2. The van der Waals surface area contributed by atoms with Crippen LogP contribution in [-0.2, 0) is 16.1 Å². The summed E-state index contributed by atoms with van der Waals surface area (Å²) in [4.78, 5) is 41.3. The van der Waals surface area contributed by atoms with Crippen molar-refractivity contribution in [3.05, 3.63) is 29.3 Å². The second-order valence-corrected chi connectivity index (χ2v) is 9.17. The summed E-state index contributed by atoms with van der Waals surface area (Å²) >= 11 is 0. The van der Waals surface area contributed by atoms with Crippen LogP contribution in [0.1, 0.15) is 74.2 Å². The molecular weight excluding hydrogens is 428 g/mol. The van der Waals surface area contributed by atoms with Gasteiger partial charge in [0.05, 0.1) is 0 Å². The van der Waals surface area contributed by atoms with Crippen molar-refractivity contribution in [3.8, 4) is 0 Å². The van der Waals surface area contributed by atoms with E-state index < -0.39 is 6.04 Å². The van der Waals surface area contributed by atoms with Crippen LogP contribution in [0.3, 0.4) is 0 Å². The van der Waals surface area contributed by atoms with Crippen molar-refractivity contribution >= 4 is 35.8 Å². The minimum absolute atomic E-state index is 0. The first-order valence-corrected chi connectivity index (χ1v) is 11.8. The van der Waals surface area contributed by atoms with Gasteiger partial charge in [-0.05, 0) is 56.7 Å². The zero-order valence-electron chi connectivity index (χ0n) is 18.8. The topological polar surface area (TPSA) is 95.7 Å². The number of unbranched alkanes of at least 4 members (excludes halogenated alkanes) is 2. The number of carbonyl (C=O) groups excluding carboxylic acids is 3. The van der Waals surface area contributed by atoms with Crippen LogP contribution in [-0.4, -0.2) is 47.8 Å². The van der Waals surface area contributed by atoms with Gasteiger partial charge in [0.2, 0.25) is 11.8 Å². The Morgan fingerprint density at radius 2 is 1.97 bits per heavy atom. The van der Waals surface area contributed by atoms with E-state index in [1.807, 2.05) is 12.1 Å². The molecule has 0 spiro atoms. The number of rotatable bonds is 8. The Labute approximate surface area is 196 Å². The van der Waals surface area contributed by atoms with Crippen molar-refractivity contribution < 1.29 is 14.4 Å². The molecule has 3 atom stereocenters. The maximum atomic E-state index is 13.2. The third-order valence-corrected chi connectivity index (χ3v) is 7.16. The van der Waals surface area contributed by atoms with E-state index in [4.69, 9.17) is 5.73 Å². The standard InChI is InChI=1S/C24H34N4O3.ClH/c1-2-3-4-12-27(17-9-8-16(13-17)14-25)20-7-5-6-18-19(20)15-28(24(18)31)21-10-11-22(29)26-23(21)30;/h5-7,16-17,21H,2-4,8-15,25H2,1H3,(H,26,29,30);1H/t16-,17-,21?;/m1./s1. The SMILES string of the molecule is CCCCCN(c1cccc2c1CN(C1CCC(=O)NC1=O)C2=O)[C@@H]1CC[C@@H](CN)C1.Cl. The number of hydrogen-bond acceptors (Lipinski definition) is 5. The summed E-state index contributed by atoms with van der Waals surface area (Å²) in [7, 11) is 0. The lowest BCUT2D eigenvalue weighted by molar-refractivity contribution is -0.136. The number of amides is 3. The zero-order valence-corrected chi connectivity index (χ0v) is 19.7. The van der Waals surface area contributed by atoms with Gasteiger partial charge < -0.3 is 15.5 Å². The number of imide groups is 1. The van der Waals surface area contributed by atoms with E-state index >= 15 is 0 Å². The Bertz CT molecular complexity index is 862. The minimum atomic E-state index is -0.577. The maximum Gasteiger partial charge on any atom is 0.255 e. The van der Waals surface area contributed by atoms with Gasteiger partial charge in [0.15, 0.2) is 0 Å². The molecule has 2 aliphatic heterocycles. The van der Waals surface area contributed by atoms with Crippen LogP contribution in [0.4, 0.5) is 5.69 Å². The lowest BCUT2D eigenvalue weighted by Gasteiger charge is -2.33. The highest BCUT2D eigenvalue weighted by atomic mass is 35.5. The molecule has 1 unspecified atom stereocenters. The predicted molar refractivity (Wildman–Crippen MR) is 127 cm³/mol. The quantitative estimate of drug-likeness (QED) is 0.457. The summed E-state index contributed by atoms with van der Waals surface area (Å²) in [6, 6.07) is 5.82. The summed E-state index contributed by atoms with van der Waals surface area (Å²) < 4.78 is 0. The molecule has 2 fully saturated rings. The van der Waals surface area contributed by atoms with Gasteiger partial charge in [-0.25, -0.2) is 0 Å². The highest BCUT2D eigenvalue weighted by Crippen LogP contribution is 2.38. The van der Waals surface area contributed by atoms with Crippen LogP contribution in [0, 0.1) is 5.92 Å². The average molecular weight is 463 g/mol. The van der Waals surface area contributed by atoms with Crippen LogP contribution in [0.2, 0.25) is 0 Å². The van der Waals surface area contributed by atoms with Crippen molar-refractivity contribution in [2.45, 2.75) is 76.9 Å². The molecule has 4 rings (SSSR count). The lowest BCUT2D eigenvalue weighted by Crippen LogP contribution is -2.52. The van der Waals surface area contributed by atoms with Crippen LogP contribution in [0.15, 0.2) is 18.2 Å². The Hall–Kier alpha value is -2.12. The largest absolute Gasteiger partial charge is 0.368 e. The van der Waals surface area contributed by atoms with Crippen molar-refractivity contribution in [1.82, 2.24) is 10.2 Å². The molecule has 3 aliphatic rings. The first-order chi connectivity index (χ1) is 15.0. The van der Waals surface area contributed by atoms with Gasteiger partial charge in [-0.2, -0.15) is 0 Å². The lowest BCUT2D eigenvalue weighted by atomic mass is 10.0. The molecule has 8 heteroatoms. The van der Waals surface area contributed by atoms with Crippen molar-refractivity contribution in [2.24, 2.45) is 11.7 Å². The molecule has 176 valence electrons. The number of anilines is 1. The molecule has 2 heterocycles. The number of nitrogens with zero attached hydrogens (tertiary/aromatic N) is 2. The number of benzene rings is 1. The van der Waals surface area contributed by atoms with Crippen molar-refractivity contribution in [3.63, 3.8) is 0 Å². The summed E-state index contributed by atoms with van der Waals surface area (Å²) in [5.74, 6) is -0.160. The molecule has 1 aromatic carbocycles. The highest BCUT2D eigenvalue weighted by Gasteiger charge is 2.41. The van der Waals surface area contributed by atoms with E-state index in [1.165, 1.54) is 12.8 Å². The summed E-state index contributed by atoms with van der Waals surface area (Å²) in [6.07, 6.45) is 7.50. The van der Waals surface area contributed by atoms with Gasteiger partial charge >= 0.3 is 0 Å². The van der Waals surface area contributed by atoms with Gasteiger partial charge in [0.25, 0.3) is 5.91 Å². The number of carbonyl (C=O) groups is 3. The number of nitrogens with one attached hydrogen (secondary N) is 1. The zero-order chi connectivity index (χ0) is 22.0. The normalized spacial score (nSPS) is 24.9. The molecule has 3 N–H and O–H groups in total. The third kappa shape index (κ3) is 4.79. The number of fused-ring (bicyclic) bond motifs is 1. The molecule has 0 aromatic heterocycles. The second-order valence-electron chi connectivity index (χ2n) is 9.17. The van der Waals surface area contributed by atoms with Gasteiger partial charge in [0.1, 0.15) is 6.04 Å². The summed E-state index contributed by atoms with van der Waals surface area (Å²) in [5, 5.41) is 2.39. The van der Waals surface area contributed by atoms with E-state index in [-0.39, 0.29) is 36.5 Å². The summed E-state index contributed by atoms with van der Waals surface area (Å²) in [6.45, 7) is 4.34. The molecular formula is C24H35ClN4O3. The molecule has 7 nitrogen and oxygen atoms in total. The Balaban J connectivity index is 0.00000289. The number of piperidine rings is 1. The van der Waals surface area contributed by atoms with E-state index in [9.17, 15) is 14.4 Å². The molecule has 1 aliphatic carbocycles. The molecule has 0 radical (unpaired) electrons. The van der Waals surface area contributed by atoms with Crippen molar-refractivity contribution in [1.29, 1.82) is 0 Å². The van der Waals surface area contributed by atoms with Crippen LogP contribution in [0.25, 0.3) is 0 Å². The van der Waals surface area contributed by atoms with E-state index in [2.05, 4.69) is 23.2 Å². The van der Waals surface area contributed by atoms with Crippen LogP contribution in [0.5, 0.6) is 0 Å². The molecule has 1 saturated heterocycles. The first kappa shape index (κ1) is 24.5. The van der Waals surface area contributed by atoms with Gasteiger partial charge in [-0.1, -0.05) is 25.8 Å². The van der Waals surface area contributed by atoms with Gasteiger partial charge in [-0.15, -0.1) is 12.4 Å². The molecule has 0 bridgehead atoms. The van der Waals surface area contributed by atoms with E-state index in [0.29, 0.717) is 30.5 Å². The average Bonchev–Trinajstić information content (AvgIpc) is 3.36. The fourth-order valence-corrected chi connectivity index (χ4v) is 5.42. The fraction of sp³-hybridized carbons (Fsp3) is 0.625. The van der Waals surface area contributed by atoms with Gasteiger partial charge in [0, 0.05) is 42.4 Å². The third-order valence-electron chi connectivity index (χ3n) is 7.16. The molecule has 3 amide bonds. The second kappa shape index (κ2) is 10.7. The Morgan fingerprint density at radius 3 is 2.66 bits per heavy atom. The van der Waals surface area contributed by atoms with Crippen LogP contribution >= 0.6 is 12.4 Å². The summed E-state index contributed by atoms with van der Waals surface area (Å²) in [5.41, 5.74) is 8.79. The Morgan fingerprint density at radius 1 is 1.16 bits per heavy atom. The minimum Gasteiger partial charge on any atom is -0.368 e. The molecule has 32 heavy (non-hydrogen) atoms. The first-order valence-electron chi connectivity index (χ1n) is 11.8. The molecule has 1 saturated carbocycles. The van der Waals surface area contributed by atoms with Crippen LogP contribution < -0.4 is 16.0 Å².